The first-order valence-corrected chi connectivity index (χ1v) is 12.4. The van der Waals surface area contributed by atoms with Gasteiger partial charge in [-0.05, 0) is 56.3 Å². The third-order valence-corrected chi connectivity index (χ3v) is 8.49. The first kappa shape index (κ1) is 22.6. The van der Waals surface area contributed by atoms with E-state index in [0.29, 0.717) is 0 Å². The third kappa shape index (κ3) is 3.10. The van der Waals surface area contributed by atoms with Gasteiger partial charge in [0.1, 0.15) is 0 Å². The summed E-state index contributed by atoms with van der Waals surface area (Å²) < 4.78 is -2.25. The SMILES string of the molecule is CC(C)(C)c1ccc2c(c1)-c1cc3c(cc1C2(Cl)Cl)-c1cc(C(C)(C)C)ccc1C3(Cl)Cl. The maximum atomic E-state index is 7.00. The standard InChI is InChI=1S/C28H26Cl4/c1-25(2,3)15-7-9-21-17(11-15)19-13-24-20(14-23(19)27(21,29)30)18-12-16(26(4,5)6)8-10-22(18)28(24,31)32/h7-14H,1-6H3. The van der Waals surface area contributed by atoms with E-state index in [4.69, 9.17) is 46.4 Å². The molecule has 2 aliphatic carbocycles. The smallest absolute Gasteiger partial charge is 0.0909 e. The van der Waals surface area contributed by atoms with Crippen LogP contribution in [0.5, 0.6) is 0 Å². The lowest BCUT2D eigenvalue weighted by Crippen LogP contribution is -2.12. The van der Waals surface area contributed by atoms with Gasteiger partial charge in [-0.15, -0.1) is 0 Å². The largest absolute Gasteiger partial charge is 0.169 e. The molecule has 0 N–H and O–H groups in total. The molecule has 0 amide bonds. The zero-order chi connectivity index (χ0) is 23.4. The van der Waals surface area contributed by atoms with Crippen molar-refractivity contribution in [2.75, 3.05) is 0 Å². The van der Waals surface area contributed by atoms with Gasteiger partial charge in [0.15, 0.2) is 8.67 Å². The highest BCUT2D eigenvalue weighted by atomic mass is 35.5. The molecule has 32 heavy (non-hydrogen) atoms. The molecular weight excluding hydrogens is 478 g/mol. The summed E-state index contributed by atoms with van der Waals surface area (Å²) in [5.74, 6) is 0. The normalized spacial score (nSPS) is 17.6. The Labute approximate surface area is 210 Å². The highest BCUT2D eigenvalue weighted by Crippen LogP contribution is 2.61. The van der Waals surface area contributed by atoms with Crippen molar-refractivity contribution >= 4 is 46.4 Å². The topological polar surface area (TPSA) is 0 Å². The fourth-order valence-corrected chi connectivity index (χ4v) is 6.15. The van der Waals surface area contributed by atoms with Crippen LogP contribution in [-0.2, 0) is 19.5 Å². The van der Waals surface area contributed by atoms with E-state index < -0.39 is 8.67 Å². The van der Waals surface area contributed by atoms with Crippen LogP contribution in [0.4, 0.5) is 0 Å². The van der Waals surface area contributed by atoms with Gasteiger partial charge >= 0.3 is 0 Å². The van der Waals surface area contributed by atoms with Gasteiger partial charge in [-0.2, -0.15) is 0 Å². The predicted molar refractivity (Wildman–Crippen MR) is 140 cm³/mol. The fraction of sp³-hybridized carbons (Fsp3) is 0.357. The van der Waals surface area contributed by atoms with E-state index in [2.05, 4.69) is 90.1 Å². The predicted octanol–water partition coefficient (Wildman–Crippen LogP) is 9.60. The van der Waals surface area contributed by atoms with Crippen molar-refractivity contribution in [3.05, 3.63) is 81.9 Å². The zero-order valence-corrected chi connectivity index (χ0v) is 22.2. The van der Waals surface area contributed by atoms with E-state index in [1.54, 1.807) is 0 Å². The maximum absolute atomic E-state index is 7.00. The molecule has 166 valence electrons. The number of rotatable bonds is 0. The number of benzene rings is 3. The van der Waals surface area contributed by atoms with E-state index in [0.717, 1.165) is 44.5 Å². The molecule has 3 aromatic carbocycles. The van der Waals surface area contributed by atoms with Crippen LogP contribution in [0.15, 0.2) is 48.5 Å². The minimum Gasteiger partial charge on any atom is -0.0909 e. The van der Waals surface area contributed by atoms with Gasteiger partial charge in [-0.3, -0.25) is 0 Å². The van der Waals surface area contributed by atoms with Crippen LogP contribution in [0, 0.1) is 0 Å². The molecule has 0 radical (unpaired) electrons. The molecule has 5 rings (SSSR count). The first-order chi connectivity index (χ1) is 14.6. The van der Waals surface area contributed by atoms with Crippen LogP contribution in [0.2, 0.25) is 0 Å². The van der Waals surface area contributed by atoms with Crippen molar-refractivity contribution in [2.45, 2.75) is 61.0 Å². The monoisotopic (exact) mass is 502 g/mol. The molecule has 0 bridgehead atoms. The second-order valence-electron chi connectivity index (χ2n) is 11.1. The minimum atomic E-state index is -1.12. The Morgan fingerprint density at radius 2 is 0.781 bits per heavy atom. The second kappa shape index (κ2) is 6.70. The zero-order valence-electron chi connectivity index (χ0n) is 19.1. The van der Waals surface area contributed by atoms with Crippen molar-refractivity contribution < 1.29 is 0 Å². The molecule has 0 aliphatic heterocycles. The van der Waals surface area contributed by atoms with Gasteiger partial charge in [0.05, 0.1) is 0 Å². The summed E-state index contributed by atoms with van der Waals surface area (Å²) in [7, 11) is 0. The lowest BCUT2D eigenvalue weighted by molar-refractivity contribution is 0.590. The van der Waals surface area contributed by atoms with E-state index in [1.807, 2.05) is 0 Å². The van der Waals surface area contributed by atoms with Crippen molar-refractivity contribution in [2.24, 2.45) is 0 Å². The van der Waals surface area contributed by atoms with Crippen molar-refractivity contribution in [1.82, 2.24) is 0 Å². The van der Waals surface area contributed by atoms with Crippen LogP contribution in [-0.4, -0.2) is 0 Å². The Kier molecular flexibility index (Phi) is 4.73. The lowest BCUT2D eigenvalue weighted by atomic mass is 9.85. The van der Waals surface area contributed by atoms with E-state index in [9.17, 15) is 0 Å². The van der Waals surface area contributed by atoms with Crippen molar-refractivity contribution in [1.29, 1.82) is 0 Å². The van der Waals surface area contributed by atoms with Crippen LogP contribution in [0.25, 0.3) is 22.3 Å². The molecule has 0 saturated carbocycles. The summed E-state index contributed by atoms with van der Waals surface area (Å²) in [5.41, 5.74) is 10.2. The number of hydrogen-bond acceptors (Lipinski definition) is 0. The summed E-state index contributed by atoms with van der Waals surface area (Å²) in [6, 6.07) is 17.0. The molecule has 0 spiro atoms. The van der Waals surface area contributed by atoms with Crippen LogP contribution < -0.4 is 0 Å². The summed E-state index contributed by atoms with van der Waals surface area (Å²) >= 11 is 28.0. The Morgan fingerprint density at radius 1 is 0.469 bits per heavy atom. The molecule has 0 heterocycles. The molecule has 2 aliphatic rings. The average molecular weight is 504 g/mol. The van der Waals surface area contributed by atoms with Gasteiger partial charge < -0.3 is 0 Å². The molecule has 0 atom stereocenters. The summed E-state index contributed by atoms with van der Waals surface area (Å²) in [6.07, 6.45) is 0. The Balaban J connectivity index is 1.78. The molecule has 4 heteroatoms. The number of halogens is 4. The summed E-state index contributed by atoms with van der Waals surface area (Å²) in [4.78, 5) is 0. The molecule has 3 aromatic rings. The van der Waals surface area contributed by atoms with Crippen molar-refractivity contribution in [3.8, 4) is 22.3 Å². The Morgan fingerprint density at radius 3 is 1.09 bits per heavy atom. The number of hydrogen-bond donors (Lipinski definition) is 0. The Hall–Kier alpha value is -1.18. The number of alkyl halides is 4. The summed E-state index contributed by atoms with van der Waals surface area (Å²) in [5, 5.41) is 0. The van der Waals surface area contributed by atoms with Crippen LogP contribution in [0.3, 0.4) is 0 Å². The van der Waals surface area contributed by atoms with Crippen LogP contribution in [0.1, 0.15) is 74.9 Å². The molecule has 0 aromatic heterocycles. The highest BCUT2D eigenvalue weighted by molar-refractivity contribution is 6.53. The Bertz CT molecular complexity index is 1180. The lowest BCUT2D eigenvalue weighted by Gasteiger charge is -2.22. The number of fused-ring (bicyclic) bond motifs is 6. The molecule has 0 nitrogen and oxygen atoms in total. The van der Waals surface area contributed by atoms with E-state index in [1.165, 1.54) is 11.1 Å². The molecule has 0 fully saturated rings. The first-order valence-electron chi connectivity index (χ1n) is 10.9. The average Bonchev–Trinajstić information content (AvgIpc) is 3.05. The van der Waals surface area contributed by atoms with Gasteiger partial charge in [0, 0.05) is 22.3 Å². The molecule has 0 saturated heterocycles. The summed E-state index contributed by atoms with van der Waals surface area (Å²) in [6.45, 7) is 13.2. The molecular formula is C28H26Cl4. The van der Waals surface area contributed by atoms with Gasteiger partial charge in [-0.25, -0.2) is 0 Å². The van der Waals surface area contributed by atoms with E-state index >= 15 is 0 Å². The van der Waals surface area contributed by atoms with Gasteiger partial charge in [0.2, 0.25) is 0 Å². The third-order valence-electron chi connectivity index (χ3n) is 6.86. The van der Waals surface area contributed by atoms with Gasteiger partial charge in [-0.1, -0.05) is 124 Å². The minimum absolute atomic E-state index is 0.0120. The highest BCUT2D eigenvalue weighted by Gasteiger charge is 2.46. The maximum Gasteiger partial charge on any atom is 0.169 e. The fourth-order valence-electron chi connectivity index (χ4n) is 4.87. The second-order valence-corrected chi connectivity index (χ2v) is 13.8. The molecule has 0 unspecified atom stereocenters. The van der Waals surface area contributed by atoms with Gasteiger partial charge in [0.25, 0.3) is 0 Å². The quantitative estimate of drug-likeness (QED) is 0.268. The van der Waals surface area contributed by atoms with Crippen LogP contribution >= 0.6 is 46.4 Å². The van der Waals surface area contributed by atoms with Crippen molar-refractivity contribution in [3.63, 3.8) is 0 Å². The van der Waals surface area contributed by atoms with E-state index in [-0.39, 0.29) is 10.8 Å².